The first-order chi connectivity index (χ1) is 9.97. The molecule has 0 radical (unpaired) electrons. The molecule has 0 saturated heterocycles. The lowest BCUT2D eigenvalue weighted by Gasteiger charge is -2.08. The minimum Gasteiger partial charge on any atom is -0.370 e. The van der Waals surface area contributed by atoms with E-state index in [0.717, 1.165) is 23.6 Å². The molecule has 0 amide bonds. The van der Waals surface area contributed by atoms with Gasteiger partial charge in [0.2, 0.25) is 0 Å². The molecule has 2 aromatic rings. The molecule has 1 aliphatic carbocycles. The molecular formula is C13H14F3N5. The number of rotatable bonds is 4. The lowest BCUT2D eigenvalue weighted by Crippen LogP contribution is -2.10. The Morgan fingerprint density at radius 3 is 2.67 bits per heavy atom. The van der Waals surface area contributed by atoms with Gasteiger partial charge < -0.3 is 5.32 Å². The molecule has 3 rings (SSSR count). The molecule has 5 nitrogen and oxygen atoms in total. The van der Waals surface area contributed by atoms with Gasteiger partial charge in [-0.25, -0.2) is 14.6 Å². The molecule has 1 aliphatic rings. The molecule has 8 heteroatoms. The van der Waals surface area contributed by atoms with Gasteiger partial charge in [-0.15, -0.1) is 0 Å². The van der Waals surface area contributed by atoms with Crippen molar-refractivity contribution in [1.29, 1.82) is 0 Å². The summed E-state index contributed by atoms with van der Waals surface area (Å²) in [5, 5.41) is 6.61. The summed E-state index contributed by atoms with van der Waals surface area (Å²) in [6.07, 6.45) is -1.16. The molecule has 2 heterocycles. The summed E-state index contributed by atoms with van der Waals surface area (Å²) < 4.78 is 39.0. The summed E-state index contributed by atoms with van der Waals surface area (Å²) in [6, 6.07) is 2.54. The van der Waals surface area contributed by atoms with Crippen molar-refractivity contribution in [2.45, 2.75) is 31.9 Å². The fourth-order valence-corrected chi connectivity index (χ4v) is 1.97. The molecule has 0 unspecified atom stereocenters. The Hall–Kier alpha value is -2.12. The van der Waals surface area contributed by atoms with E-state index in [-0.39, 0.29) is 0 Å². The Bertz CT molecular complexity index is 645. The molecule has 21 heavy (non-hydrogen) atoms. The van der Waals surface area contributed by atoms with Crippen LogP contribution in [0.25, 0.3) is 5.82 Å². The van der Waals surface area contributed by atoms with Crippen molar-refractivity contribution in [1.82, 2.24) is 19.7 Å². The number of alkyl halides is 3. The van der Waals surface area contributed by atoms with Crippen molar-refractivity contribution in [3.63, 3.8) is 0 Å². The van der Waals surface area contributed by atoms with E-state index in [4.69, 9.17) is 0 Å². The van der Waals surface area contributed by atoms with Gasteiger partial charge in [-0.2, -0.15) is 18.3 Å². The molecule has 0 aliphatic heterocycles. The average Bonchev–Trinajstić information content (AvgIpc) is 3.14. The SMILES string of the molecule is CCNc1cc(-n2ccc(C(F)(F)F)n2)nc(C2CC2)n1. The normalized spacial score (nSPS) is 15.2. The Morgan fingerprint density at radius 1 is 1.33 bits per heavy atom. The van der Waals surface area contributed by atoms with Crippen LogP contribution in [0.4, 0.5) is 19.0 Å². The number of hydrogen-bond acceptors (Lipinski definition) is 4. The van der Waals surface area contributed by atoms with E-state index in [1.165, 1.54) is 6.20 Å². The first-order valence-corrected chi connectivity index (χ1v) is 6.73. The lowest BCUT2D eigenvalue weighted by atomic mass is 10.3. The maximum absolute atomic E-state index is 12.6. The van der Waals surface area contributed by atoms with Crippen molar-refractivity contribution < 1.29 is 13.2 Å². The van der Waals surface area contributed by atoms with E-state index in [1.54, 1.807) is 6.07 Å². The number of anilines is 1. The predicted octanol–water partition coefficient (Wildman–Crippen LogP) is 2.99. The largest absolute Gasteiger partial charge is 0.435 e. The van der Waals surface area contributed by atoms with Crippen molar-refractivity contribution in [2.75, 3.05) is 11.9 Å². The van der Waals surface area contributed by atoms with Crippen molar-refractivity contribution in [3.05, 3.63) is 29.8 Å². The first kappa shape index (κ1) is 13.8. The zero-order valence-electron chi connectivity index (χ0n) is 11.4. The zero-order chi connectivity index (χ0) is 15.0. The second-order valence-electron chi connectivity index (χ2n) is 4.92. The number of halogens is 3. The number of hydrogen-bond donors (Lipinski definition) is 1. The third kappa shape index (κ3) is 2.98. The molecular weight excluding hydrogens is 283 g/mol. The van der Waals surface area contributed by atoms with Crippen LogP contribution in [0.3, 0.4) is 0 Å². The van der Waals surface area contributed by atoms with Gasteiger partial charge in [0.05, 0.1) is 0 Å². The molecule has 0 bridgehead atoms. The molecule has 1 N–H and O–H groups in total. The fourth-order valence-electron chi connectivity index (χ4n) is 1.97. The van der Waals surface area contributed by atoms with Gasteiger partial charge in [-0.3, -0.25) is 0 Å². The maximum Gasteiger partial charge on any atom is 0.435 e. The molecule has 1 saturated carbocycles. The fraction of sp³-hybridized carbons (Fsp3) is 0.462. The van der Waals surface area contributed by atoms with E-state index in [1.807, 2.05) is 6.92 Å². The highest BCUT2D eigenvalue weighted by Crippen LogP contribution is 2.38. The maximum atomic E-state index is 12.6. The van der Waals surface area contributed by atoms with Gasteiger partial charge >= 0.3 is 6.18 Å². The second-order valence-corrected chi connectivity index (χ2v) is 4.92. The van der Waals surface area contributed by atoms with Crippen LogP contribution in [0.1, 0.15) is 37.2 Å². The van der Waals surface area contributed by atoms with Crippen LogP contribution >= 0.6 is 0 Å². The summed E-state index contributed by atoms with van der Waals surface area (Å²) in [5.41, 5.74) is -0.931. The highest BCUT2D eigenvalue weighted by molar-refractivity contribution is 5.42. The predicted molar refractivity (Wildman–Crippen MR) is 70.3 cm³/mol. The molecule has 1 fully saturated rings. The molecule has 0 spiro atoms. The van der Waals surface area contributed by atoms with Crippen molar-refractivity contribution in [3.8, 4) is 5.82 Å². The smallest absolute Gasteiger partial charge is 0.370 e. The van der Waals surface area contributed by atoms with Gasteiger partial charge in [0.1, 0.15) is 11.6 Å². The second kappa shape index (κ2) is 5.01. The van der Waals surface area contributed by atoms with Crippen LogP contribution in [-0.4, -0.2) is 26.3 Å². The third-order valence-corrected chi connectivity index (χ3v) is 3.14. The molecule has 112 valence electrons. The number of aromatic nitrogens is 4. The topological polar surface area (TPSA) is 55.6 Å². The minimum atomic E-state index is -4.46. The van der Waals surface area contributed by atoms with Gasteiger partial charge in [0.15, 0.2) is 11.5 Å². The van der Waals surface area contributed by atoms with Gasteiger partial charge in [-0.1, -0.05) is 0 Å². The Balaban J connectivity index is 1.98. The van der Waals surface area contributed by atoms with E-state index in [2.05, 4.69) is 20.4 Å². The summed E-state index contributed by atoms with van der Waals surface area (Å²) in [5.74, 6) is 1.92. The highest BCUT2D eigenvalue weighted by atomic mass is 19.4. The van der Waals surface area contributed by atoms with Crippen LogP contribution in [0.2, 0.25) is 0 Å². The number of nitrogens with one attached hydrogen (secondary N) is 1. The van der Waals surface area contributed by atoms with Crippen LogP contribution in [0.5, 0.6) is 0 Å². The lowest BCUT2D eigenvalue weighted by molar-refractivity contribution is -0.141. The van der Waals surface area contributed by atoms with Crippen LogP contribution in [0, 0.1) is 0 Å². The van der Waals surface area contributed by atoms with Crippen molar-refractivity contribution >= 4 is 5.82 Å². The van der Waals surface area contributed by atoms with Gasteiger partial charge in [-0.05, 0) is 25.8 Å². The Morgan fingerprint density at radius 2 is 2.10 bits per heavy atom. The van der Waals surface area contributed by atoms with E-state index < -0.39 is 11.9 Å². The monoisotopic (exact) mass is 297 g/mol. The average molecular weight is 297 g/mol. The first-order valence-electron chi connectivity index (χ1n) is 6.73. The summed E-state index contributed by atoms with van der Waals surface area (Å²) >= 11 is 0. The zero-order valence-corrected chi connectivity index (χ0v) is 11.4. The minimum absolute atomic E-state index is 0.306. The third-order valence-electron chi connectivity index (χ3n) is 3.14. The molecule has 0 aromatic carbocycles. The van der Waals surface area contributed by atoms with Crippen LogP contribution in [-0.2, 0) is 6.18 Å². The van der Waals surface area contributed by atoms with E-state index in [9.17, 15) is 13.2 Å². The van der Waals surface area contributed by atoms with E-state index >= 15 is 0 Å². The summed E-state index contributed by atoms with van der Waals surface area (Å²) in [4.78, 5) is 8.71. The van der Waals surface area contributed by atoms with Gasteiger partial charge in [0, 0.05) is 24.7 Å². The van der Waals surface area contributed by atoms with Crippen LogP contribution in [0.15, 0.2) is 18.3 Å². The van der Waals surface area contributed by atoms with E-state index in [0.29, 0.717) is 29.9 Å². The highest BCUT2D eigenvalue weighted by Gasteiger charge is 2.34. The summed E-state index contributed by atoms with van der Waals surface area (Å²) in [7, 11) is 0. The Labute approximate surface area is 119 Å². The Kier molecular flexibility index (Phi) is 3.30. The van der Waals surface area contributed by atoms with Crippen LogP contribution < -0.4 is 5.32 Å². The molecule has 2 aromatic heterocycles. The summed E-state index contributed by atoms with van der Waals surface area (Å²) in [6.45, 7) is 2.60. The number of nitrogens with zero attached hydrogens (tertiary/aromatic N) is 4. The van der Waals surface area contributed by atoms with Gasteiger partial charge in [0.25, 0.3) is 0 Å². The van der Waals surface area contributed by atoms with Crippen molar-refractivity contribution in [2.24, 2.45) is 0 Å². The quantitative estimate of drug-likeness (QED) is 0.942. The standard InChI is InChI=1S/C13H14F3N5/c1-2-17-10-7-11(19-12(18-10)8-3-4-8)21-6-5-9(20-21)13(14,15)16/h5-8H,2-4H2,1H3,(H,17,18,19). The molecule has 0 atom stereocenters.